The van der Waals surface area contributed by atoms with Crippen molar-refractivity contribution in [1.82, 2.24) is 5.32 Å². The fourth-order valence-electron chi connectivity index (χ4n) is 3.11. The SMILES string of the molecule is COc1ccccc1CNC(=O)[C@@H](C)OC(=O)c1ccc(OC[C@H]2CCCO2)cc1. The van der Waals surface area contributed by atoms with E-state index in [0.29, 0.717) is 23.7 Å². The average Bonchev–Trinajstić information content (AvgIpc) is 3.30. The van der Waals surface area contributed by atoms with E-state index in [2.05, 4.69) is 5.32 Å². The average molecular weight is 413 g/mol. The molecule has 0 aliphatic carbocycles. The highest BCUT2D eigenvalue weighted by atomic mass is 16.5. The number of nitrogens with one attached hydrogen (secondary N) is 1. The van der Waals surface area contributed by atoms with Crippen LogP contribution in [0.2, 0.25) is 0 Å². The molecule has 1 aliphatic heterocycles. The lowest BCUT2D eigenvalue weighted by molar-refractivity contribution is -0.129. The van der Waals surface area contributed by atoms with Gasteiger partial charge in [0.25, 0.3) is 5.91 Å². The zero-order valence-corrected chi connectivity index (χ0v) is 17.3. The summed E-state index contributed by atoms with van der Waals surface area (Å²) >= 11 is 0. The summed E-state index contributed by atoms with van der Waals surface area (Å²) in [5.41, 5.74) is 1.19. The Morgan fingerprint density at radius 3 is 2.63 bits per heavy atom. The Morgan fingerprint density at radius 1 is 1.17 bits per heavy atom. The van der Waals surface area contributed by atoms with Crippen LogP contribution in [0.3, 0.4) is 0 Å². The first-order valence-corrected chi connectivity index (χ1v) is 10.0. The van der Waals surface area contributed by atoms with E-state index in [1.165, 1.54) is 6.92 Å². The second kappa shape index (κ2) is 10.6. The van der Waals surface area contributed by atoms with Crippen LogP contribution < -0.4 is 14.8 Å². The van der Waals surface area contributed by atoms with Crippen molar-refractivity contribution in [3.8, 4) is 11.5 Å². The Balaban J connectivity index is 1.46. The van der Waals surface area contributed by atoms with Gasteiger partial charge in [0.05, 0.1) is 18.8 Å². The van der Waals surface area contributed by atoms with Crippen molar-refractivity contribution in [3.63, 3.8) is 0 Å². The maximum Gasteiger partial charge on any atom is 0.338 e. The Labute approximate surface area is 176 Å². The lowest BCUT2D eigenvalue weighted by Crippen LogP contribution is -2.35. The van der Waals surface area contributed by atoms with Gasteiger partial charge in [0, 0.05) is 18.7 Å². The molecule has 0 saturated carbocycles. The van der Waals surface area contributed by atoms with Gasteiger partial charge in [-0.1, -0.05) is 18.2 Å². The Bertz CT molecular complexity index is 845. The van der Waals surface area contributed by atoms with Crippen LogP contribution in [0, 0.1) is 0 Å². The topological polar surface area (TPSA) is 83.1 Å². The van der Waals surface area contributed by atoms with Crippen molar-refractivity contribution in [2.45, 2.75) is 38.5 Å². The number of hydrogen-bond acceptors (Lipinski definition) is 6. The highest BCUT2D eigenvalue weighted by Gasteiger charge is 2.20. The molecule has 0 spiro atoms. The van der Waals surface area contributed by atoms with Crippen molar-refractivity contribution in [3.05, 3.63) is 59.7 Å². The largest absolute Gasteiger partial charge is 0.496 e. The molecule has 0 unspecified atom stereocenters. The molecule has 3 rings (SSSR count). The summed E-state index contributed by atoms with van der Waals surface area (Å²) in [5, 5.41) is 2.75. The molecule has 2 aromatic carbocycles. The lowest BCUT2D eigenvalue weighted by Gasteiger charge is -2.15. The molecule has 30 heavy (non-hydrogen) atoms. The summed E-state index contributed by atoms with van der Waals surface area (Å²) in [4.78, 5) is 24.6. The number of benzene rings is 2. The standard InChI is InChI=1S/C23H27NO6/c1-16(22(25)24-14-18-6-3-4-8-21(18)27-2)30-23(26)17-9-11-19(12-10-17)29-15-20-7-5-13-28-20/h3-4,6,8-12,16,20H,5,7,13-15H2,1-2H3,(H,24,25)/t16-,20-/m1/s1. The number of ether oxygens (including phenoxy) is 4. The first-order valence-electron chi connectivity index (χ1n) is 10.0. The van der Waals surface area contributed by atoms with Crippen molar-refractivity contribution in [2.75, 3.05) is 20.3 Å². The van der Waals surface area contributed by atoms with Gasteiger partial charge < -0.3 is 24.3 Å². The van der Waals surface area contributed by atoms with Crippen molar-refractivity contribution in [2.24, 2.45) is 0 Å². The summed E-state index contributed by atoms with van der Waals surface area (Å²) in [6, 6.07) is 14.0. The molecule has 2 aromatic rings. The Kier molecular flexibility index (Phi) is 7.68. The molecule has 1 saturated heterocycles. The number of carbonyl (C=O) groups excluding carboxylic acids is 2. The van der Waals surface area contributed by atoms with Gasteiger partial charge in [0.1, 0.15) is 18.1 Å². The molecule has 0 radical (unpaired) electrons. The Hall–Kier alpha value is -3.06. The summed E-state index contributed by atoms with van der Waals surface area (Å²) in [7, 11) is 1.57. The van der Waals surface area contributed by atoms with Crippen LogP contribution in [0.5, 0.6) is 11.5 Å². The molecule has 1 fully saturated rings. The zero-order valence-electron chi connectivity index (χ0n) is 17.3. The fourth-order valence-corrected chi connectivity index (χ4v) is 3.11. The summed E-state index contributed by atoms with van der Waals surface area (Å²) in [5.74, 6) is 0.389. The summed E-state index contributed by atoms with van der Waals surface area (Å²) in [6.45, 7) is 3.09. The van der Waals surface area contributed by atoms with Gasteiger partial charge in [-0.05, 0) is 50.1 Å². The molecule has 1 aliphatic rings. The van der Waals surface area contributed by atoms with Crippen molar-refractivity contribution in [1.29, 1.82) is 0 Å². The zero-order chi connectivity index (χ0) is 21.3. The van der Waals surface area contributed by atoms with Gasteiger partial charge in [-0.3, -0.25) is 4.79 Å². The van der Waals surface area contributed by atoms with Gasteiger partial charge in [-0.2, -0.15) is 0 Å². The van der Waals surface area contributed by atoms with E-state index < -0.39 is 12.1 Å². The number of hydrogen-bond donors (Lipinski definition) is 1. The van der Waals surface area contributed by atoms with Crippen molar-refractivity contribution < 1.29 is 28.5 Å². The quantitative estimate of drug-likeness (QED) is 0.636. The minimum atomic E-state index is -0.928. The molecule has 7 heteroatoms. The predicted molar refractivity (Wildman–Crippen MR) is 111 cm³/mol. The maximum absolute atomic E-state index is 12.3. The molecule has 0 bridgehead atoms. The molecule has 1 heterocycles. The number of carbonyl (C=O) groups is 2. The monoisotopic (exact) mass is 413 g/mol. The number of amides is 1. The van der Waals surface area contributed by atoms with E-state index >= 15 is 0 Å². The first-order chi connectivity index (χ1) is 14.6. The maximum atomic E-state index is 12.3. The van der Waals surface area contributed by atoms with Gasteiger partial charge in [-0.15, -0.1) is 0 Å². The number of para-hydroxylation sites is 1. The van der Waals surface area contributed by atoms with E-state index in [1.54, 1.807) is 31.4 Å². The van der Waals surface area contributed by atoms with E-state index in [4.69, 9.17) is 18.9 Å². The molecule has 1 amide bonds. The lowest BCUT2D eigenvalue weighted by atomic mass is 10.2. The second-order valence-corrected chi connectivity index (χ2v) is 7.05. The summed E-state index contributed by atoms with van der Waals surface area (Å²) < 4.78 is 21.7. The van der Waals surface area contributed by atoms with Crippen LogP contribution in [0.4, 0.5) is 0 Å². The Morgan fingerprint density at radius 2 is 1.93 bits per heavy atom. The highest BCUT2D eigenvalue weighted by Crippen LogP contribution is 2.18. The third kappa shape index (κ3) is 5.97. The third-order valence-electron chi connectivity index (χ3n) is 4.85. The van der Waals surface area contributed by atoms with E-state index in [9.17, 15) is 9.59 Å². The predicted octanol–water partition coefficient (Wildman–Crippen LogP) is 3.11. The fraction of sp³-hybridized carbons (Fsp3) is 0.391. The van der Waals surface area contributed by atoms with Gasteiger partial charge in [0.2, 0.25) is 0 Å². The van der Waals surface area contributed by atoms with Crippen LogP contribution in [-0.4, -0.2) is 44.4 Å². The molecule has 0 aromatic heterocycles. The molecular formula is C23H27NO6. The van der Waals surface area contributed by atoms with Crippen LogP contribution in [0.1, 0.15) is 35.7 Å². The minimum absolute atomic E-state index is 0.129. The van der Waals surface area contributed by atoms with Crippen LogP contribution in [0.25, 0.3) is 0 Å². The number of rotatable bonds is 9. The van der Waals surface area contributed by atoms with Crippen LogP contribution in [0.15, 0.2) is 48.5 Å². The van der Waals surface area contributed by atoms with Crippen LogP contribution >= 0.6 is 0 Å². The first kappa shape index (κ1) is 21.6. The molecule has 2 atom stereocenters. The van der Waals surface area contributed by atoms with Gasteiger partial charge >= 0.3 is 5.97 Å². The minimum Gasteiger partial charge on any atom is -0.496 e. The second-order valence-electron chi connectivity index (χ2n) is 7.05. The molecule has 160 valence electrons. The third-order valence-corrected chi connectivity index (χ3v) is 4.85. The number of methoxy groups -OCH3 is 1. The molecule has 1 N–H and O–H groups in total. The number of esters is 1. The highest BCUT2D eigenvalue weighted by molar-refractivity contribution is 5.92. The van der Waals surface area contributed by atoms with Crippen molar-refractivity contribution >= 4 is 11.9 Å². The smallest absolute Gasteiger partial charge is 0.338 e. The van der Waals surface area contributed by atoms with Crippen LogP contribution in [-0.2, 0) is 20.8 Å². The molecule has 7 nitrogen and oxygen atoms in total. The van der Waals surface area contributed by atoms with Gasteiger partial charge in [-0.25, -0.2) is 4.79 Å². The van der Waals surface area contributed by atoms with E-state index in [1.807, 2.05) is 24.3 Å². The van der Waals surface area contributed by atoms with E-state index in [0.717, 1.165) is 25.0 Å². The van der Waals surface area contributed by atoms with E-state index in [-0.39, 0.29) is 18.6 Å². The van der Waals surface area contributed by atoms with Gasteiger partial charge in [0.15, 0.2) is 6.10 Å². The molecular weight excluding hydrogens is 386 g/mol. The summed E-state index contributed by atoms with van der Waals surface area (Å²) in [6.07, 6.45) is 1.26. The normalized spacial score (nSPS) is 16.5.